The van der Waals surface area contributed by atoms with Gasteiger partial charge in [0.1, 0.15) is 30.3 Å². The lowest BCUT2D eigenvalue weighted by molar-refractivity contribution is -0.121. The van der Waals surface area contributed by atoms with Gasteiger partial charge in [-0.15, -0.1) is 5.53 Å². The number of carbonyl (C=O) groups is 1. The van der Waals surface area contributed by atoms with Crippen molar-refractivity contribution in [2.75, 3.05) is 37.8 Å². The van der Waals surface area contributed by atoms with Gasteiger partial charge in [-0.05, 0) is 37.5 Å². The molecular formula is C27H32FN7O4. The number of hydrogen-bond donors (Lipinski definition) is 3. The molecule has 5 atom stereocenters. The Morgan fingerprint density at radius 1 is 1.18 bits per heavy atom. The van der Waals surface area contributed by atoms with Crippen molar-refractivity contribution in [3.63, 3.8) is 0 Å². The molecule has 0 radical (unpaired) electrons. The van der Waals surface area contributed by atoms with Gasteiger partial charge in [-0.3, -0.25) is 9.80 Å². The van der Waals surface area contributed by atoms with E-state index in [0.29, 0.717) is 42.8 Å². The summed E-state index contributed by atoms with van der Waals surface area (Å²) in [5, 5.41) is 17.0. The second-order valence-electron chi connectivity index (χ2n) is 11.0. The maximum atomic E-state index is 15.5. The lowest BCUT2D eigenvalue weighted by atomic mass is 9.93. The highest BCUT2D eigenvalue weighted by molar-refractivity contribution is 5.92. The summed E-state index contributed by atoms with van der Waals surface area (Å²) in [5.41, 5.74) is 8.90. The van der Waals surface area contributed by atoms with Crippen molar-refractivity contribution in [2.24, 2.45) is 5.10 Å². The summed E-state index contributed by atoms with van der Waals surface area (Å²) in [6.07, 6.45) is 2.32. The molecule has 2 fully saturated rings. The fourth-order valence-electron chi connectivity index (χ4n) is 6.59. The molecule has 1 aliphatic carbocycles. The molecule has 0 bridgehead atoms. The van der Waals surface area contributed by atoms with Crippen LogP contribution in [-0.4, -0.2) is 83.4 Å². The van der Waals surface area contributed by atoms with Crippen molar-refractivity contribution >= 4 is 18.1 Å². The van der Waals surface area contributed by atoms with Gasteiger partial charge < -0.3 is 14.6 Å². The highest BCUT2D eigenvalue weighted by Gasteiger charge is 2.40. The molecule has 39 heavy (non-hydrogen) atoms. The van der Waals surface area contributed by atoms with Crippen LogP contribution in [0.15, 0.2) is 29.4 Å². The summed E-state index contributed by atoms with van der Waals surface area (Å²) in [6, 6.07) is 7.44. The largest absolute Gasteiger partial charge is 0.459 e. The number of halogens is 1. The van der Waals surface area contributed by atoms with Crippen molar-refractivity contribution in [3.05, 3.63) is 58.0 Å². The van der Waals surface area contributed by atoms with E-state index >= 15 is 4.39 Å². The number of anilines is 1. The number of aliphatic hydroxyl groups is 1. The molecule has 5 heterocycles. The number of piperazine rings is 1. The van der Waals surface area contributed by atoms with E-state index in [0.717, 1.165) is 43.0 Å². The Balaban J connectivity index is 1.01. The SMILES string of the molecule is CC1Cc2c(ccc(C3CN4CCN(C(O)C5CCc6nc(N7C=NNN7)ccc65)CC4CO3)c2F)C(=O)O1. The number of esters is 1. The number of fused-ring (bicyclic) bond motifs is 3. The van der Waals surface area contributed by atoms with Crippen LogP contribution in [0.5, 0.6) is 0 Å². The van der Waals surface area contributed by atoms with Gasteiger partial charge in [-0.1, -0.05) is 12.1 Å². The number of hydrazone groups is 1. The highest BCUT2D eigenvalue weighted by Crippen LogP contribution is 2.38. The number of ether oxygens (including phenoxy) is 2. The Morgan fingerprint density at radius 2 is 2.05 bits per heavy atom. The Hall–Kier alpha value is -3.16. The molecule has 3 N–H and O–H groups in total. The van der Waals surface area contributed by atoms with Crippen LogP contribution in [0.1, 0.15) is 58.1 Å². The molecule has 206 valence electrons. The van der Waals surface area contributed by atoms with E-state index in [1.807, 2.05) is 6.07 Å². The van der Waals surface area contributed by atoms with Gasteiger partial charge in [0, 0.05) is 61.4 Å². The number of hydrazine groups is 2. The number of aryl methyl sites for hydroxylation is 1. The quantitative estimate of drug-likeness (QED) is 0.492. The van der Waals surface area contributed by atoms with Crippen molar-refractivity contribution in [1.29, 1.82) is 0 Å². The van der Waals surface area contributed by atoms with Crippen molar-refractivity contribution in [3.8, 4) is 0 Å². The number of pyridine rings is 1. The molecule has 5 unspecified atom stereocenters. The van der Waals surface area contributed by atoms with E-state index in [9.17, 15) is 9.90 Å². The summed E-state index contributed by atoms with van der Waals surface area (Å²) in [7, 11) is 0. The first kappa shape index (κ1) is 24.9. The van der Waals surface area contributed by atoms with E-state index in [1.54, 1.807) is 30.4 Å². The number of nitrogens with one attached hydrogen (secondary N) is 2. The zero-order valence-corrected chi connectivity index (χ0v) is 21.7. The second kappa shape index (κ2) is 9.79. The summed E-state index contributed by atoms with van der Waals surface area (Å²) in [4.78, 5) is 21.4. The first-order valence-electron chi connectivity index (χ1n) is 13.6. The second-order valence-corrected chi connectivity index (χ2v) is 11.0. The summed E-state index contributed by atoms with van der Waals surface area (Å²) < 4.78 is 27.0. The van der Waals surface area contributed by atoms with Gasteiger partial charge in [0.15, 0.2) is 0 Å². The predicted octanol–water partition coefficient (Wildman–Crippen LogP) is 1.20. The average molecular weight is 538 g/mol. The number of hydrogen-bond acceptors (Lipinski definition) is 11. The molecule has 1 aromatic carbocycles. The summed E-state index contributed by atoms with van der Waals surface area (Å²) >= 11 is 0. The van der Waals surface area contributed by atoms with Gasteiger partial charge in [0.2, 0.25) is 0 Å². The highest BCUT2D eigenvalue weighted by atomic mass is 19.1. The molecular weight excluding hydrogens is 505 g/mol. The minimum Gasteiger partial charge on any atom is -0.459 e. The Labute approximate surface area is 225 Å². The normalized spacial score (nSPS) is 29.4. The van der Waals surface area contributed by atoms with Crippen LogP contribution >= 0.6 is 0 Å². The van der Waals surface area contributed by atoms with E-state index in [1.165, 1.54) is 0 Å². The molecule has 12 heteroatoms. The number of aliphatic hydroxyl groups excluding tert-OH is 1. The third-order valence-corrected chi connectivity index (χ3v) is 8.64. The number of rotatable bonds is 4. The number of carbonyl (C=O) groups excluding carboxylic acids is 1. The molecule has 7 rings (SSSR count). The lowest BCUT2D eigenvalue weighted by Gasteiger charge is -2.48. The molecule has 1 aromatic heterocycles. The van der Waals surface area contributed by atoms with E-state index in [-0.39, 0.29) is 23.9 Å². The Morgan fingerprint density at radius 3 is 2.90 bits per heavy atom. The van der Waals surface area contributed by atoms with Crippen molar-refractivity contribution in [2.45, 2.75) is 56.6 Å². The first-order valence-corrected chi connectivity index (χ1v) is 13.6. The maximum absolute atomic E-state index is 15.5. The number of aromatic nitrogens is 1. The van der Waals surface area contributed by atoms with Gasteiger partial charge in [-0.25, -0.2) is 24.7 Å². The van der Waals surface area contributed by atoms with Crippen LogP contribution in [0, 0.1) is 5.82 Å². The fraction of sp³-hybridized carbons (Fsp3) is 0.519. The monoisotopic (exact) mass is 537 g/mol. The third-order valence-electron chi connectivity index (χ3n) is 8.64. The number of cyclic esters (lactones) is 1. The molecule has 0 spiro atoms. The number of benzene rings is 1. The third kappa shape index (κ3) is 4.36. The Bertz CT molecular complexity index is 1330. The van der Waals surface area contributed by atoms with Gasteiger partial charge in [0.25, 0.3) is 0 Å². The van der Waals surface area contributed by atoms with Crippen molar-refractivity contribution in [1.82, 2.24) is 25.9 Å². The maximum Gasteiger partial charge on any atom is 0.338 e. The van der Waals surface area contributed by atoms with Gasteiger partial charge in [-0.2, -0.15) is 5.10 Å². The van der Waals surface area contributed by atoms with Crippen LogP contribution in [0.25, 0.3) is 0 Å². The predicted molar refractivity (Wildman–Crippen MR) is 139 cm³/mol. The average Bonchev–Trinajstić information content (AvgIpc) is 3.63. The summed E-state index contributed by atoms with van der Waals surface area (Å²) in [5.74, 6) is -0.0634. The van der Waals surface area contributed by atoms with Gasteiger partial charge in [0.05, 0.1) is 18.3 Å². The van der Waals surface area contributed by atoms with E-state index in [4.69, 9.17) is 14.5 Å². The molecule has 4 aliphatic heterocycles. The molecule has 5 aliphatic rings. The molecule has 11 nitrogen and oxygen atoms in total. The first-order chi connectivity index (χ1) is 19.0. The van der Waals surface area contributed by atoms with Gasteiger partial charge >= 0.3 is 5.97 Å². The topological polar surface area (TPSA) is 115 Å². The lowest BCUT2D eigenvalue weighted by Crippen LogP contribution is -2.61. The van der Waals surface area contributed by atoms with Crippen LogP contribution in [0.4, 0.5) is 10.2 Å². The fourth-order valence-corrected chi connectivity index (χ4v) is 6.59. The zero-order valence-electron chi connectivity index (χ0n) is 21.7. The van der Waals surface area contributed by atoms with Crippen LogP contribution in [0.3, 0.4) is 0 Å². The zero-order chi connectivity index (χ0) is 26.7. The summed E-state index contributed by atoms with van der Waals surface area (Å²) in [6.45, 7) is 4.97. The number of morpholine rings is 1. The van der Waals surface area contributed by atoms with E-state index in [2.05, 4.69) is 32.0 Å². The van der Waals surface area contributed by atoms with E-state index < -0.39 is 18.3 Å². The molecule has 0 amide bonds. The Kier molecular flexibility index (Phi) is 6.24. The number of nitrogens with zero attached hydrogens (tertiary/aromatic N) is 5. The van der Waals surface area contributed by atoms with Crippen molar-refractivity contribution < 1.29 is 23.8 Å². The standard InChI is InChI=1S/C27H32FN7O4/c1-15-10-21-19(27(37)39-15)2-3-20(25(21)28)23-12-33-8-9-34(11-16(33)13-38-23)26(36)18-4-6-22-17(18)5-7-24(30-22)35-14-29-31-32-35/h2-3,5,7,14-16,18,23,26,31-32,36H,4,6,8-13H2,1H3. The van der Waals surface area contributed by atoms with Crippen LogP contribution in [-0.2, 0) is 22.3 Å². The smallest absolute Gasteiger partial charge is 0.338 e. The molecule has 0 saturated carbocycles. The minimum absolute atomic E-state index is 0.00218. The van der Waals surface area contributed by atoms with Crippen LogP contribution < -0.4 is 16.1 Å². The van der Waals surface area contributed by atoms with Crippen LogP contribution in [0.2, 0.25) is 0 Å². The molecule has 2 aromatic rings. The molecule has 2 saturated heterocycles. The minimum atomic E-state index is -0.605.